The first kappa shape index (κ1) is 26.5. The highest BCUT2D eigenvalue weighted by Gasteiger charge is 2.30. The van der Waals surface area contributed by atoms with Gasteiger partial charge in [-0.1, -0.05) is 103 Å². The Bertz CT molecular complexity index is 1930. The number of amides is 1. The monoisotopic (exact) mass is 566 g/mol. The molecule has 1 aromatic heterocycles. The molecule has 0 bridgehead atoms. The number of ether oxygens (including phenoxy) is 1. The van der Waals surface area contributed by atoms with Crippen molar-refractivity contribution in [1.82, 2.24) is 9.88 Å². The molecule has 0 fully saturated rings. The van der Waals surface area contributed by atoms with Gasteiger partial charge < -0.3 is 19.7 Å². The van der Waals surface area contributed by atoms with Crippen LogP contribution >= 0.6 is 0 Å². The third kappa shape index (κ3) is 5.01. The maximum atomic E-state index is 12.9. The van der Waals surface area contributed by atoms with Crippen LogP contribution in [0.1, 0.15) is 28.2 Å². The maximum absolute atomic E-state index is 12.9. The SMILES string of the molecule is O=C(NC(Cc1ccc2c(c1)c1ccccc1n2Cc1ccccc1)C(=O)O)OCC1c2ccccc2-c2ccccc21. The fourth-order valence-corrected chi connectivity index (χ4v) is 6.38. The van der Waals surface area contributed by atoms with Crippen molar-refractivity contribution in [3.63, 3.8) is 0 Å². The predicted molar refractivity (Wildman–Crippen MR) is 168 cm³/mol. The molecule has 7 rings (SSSR count). The summed E-state index contributed by atoms with van der Waals surface area (Å²) in [7, 11) is 0. The molecule has 1 heterocycles. The summed E-state index contributed by atoms with van der Waals surface area (Å²) in [5.74, 6) is -1.21. The van der Waals surface area contributed by atoms with Gasteiger partial charge in [0.25, 0.3) is 0 Å². The van der Waals surface area contributed by atoms with E-state index < -0.39 is 18.1 Å². The molecule has 1 aliphatic rings. The lowest BCUT2D eigenvalue weighted by Crippen LogP contribution is -2.42. The van der Waals surface area contributed by atoms with Crippen LogP contribution < -0.4 is 5.32 Å². The number of rotatable bonds is 8. The maximum Gasteiger partial charge on any atom is 0.407 e. The lowest BCUT2D eigenvalue weighted by molar-refractivity contribution is -0.139. The number of hydrogen-bond donors (Lipinski definition) is 2. The number of fused-ring (bicyclic) bond motifs is 6. The van der Waals surface area contributed by atoms with Crippen molar-refractivity contribution in [3.8, 4) is 11.1 Å². The largest absolute Gasteiger partial charge is 0.480 e. The van der Waals surface area contributed by atoms with Crippen molar-refractivity contribution in [2.24, 2.45) is 0 Å². The van der Waals surface area contributed by atoms with E-state index in [9.17, 15) is 14.7 Å². The molecule has 1 unspecified atom stereocenters. The van der Waals surface area contributed by atoms with Crippen molar-refractivity contribution >= 4 is 33.9 Å². The number of carboxylic acids is 1. The van der Waals surface area contributed by atoms with Gasteiger partial charge in [0.15, 0.2) is 0 Å². The Morgan fingerprint density at radius 1 is 0.721 bits per heavy atom. The summed E-state index contributed by atoms with van der Waals surface area (Å²) in [5.41, 5.74) is 8.69. The molecule has 6 nitrogen and oxygen atoms in total. The Morgan fingerprint density at radius 3 is 2.07 bits per heavy atom. The summed E-state index contributed by atoms with van der Waals surface area (Å²) in [6.07, 6.45) is -0.608. The topological polar surface area (TPSA) is 80.6 Å². The molecule has 43 heavy (non-hydrogen) atoms. The fourth-order valence-electron chi connectivity index (χ4n) is 6.38. The van der Waals surface area contributed by atoms with E-state index in [1.807, 2.05) is 84.9 Å². The highest BCUT2D eigenvalue weighted by molar-refractivity contribution is 6.08. The van der Waals surface area contributed by atoms with E-state index in [1.165, 1.54) is 5.56 Å². The zero-order valence-corrected chi connectivity index (χ0v) is 23.4. The van der Waals surface area contributed by atoms with Crippen LogP contribution in [-0.2, 0) is 22.5 Å². The highest BCUT2D eigenvalue weighted by atomic mass is 16.5. The van der Waals surface area contributed by atoms with E-state index in [2.05, 4.69) is 46.3 Å². The number of hydrogen-bond acceptors (Lipinski definition) is 3. The number of nitrogens with zero attached hydrogens (tertiary/aromatic N) is 1. The van der Waals surface area contributed by atoms with Crippen LogP contribution in [0.2, 0.25) is 0 Å². The Balaban J connectivity index is 1.09. The number of aliphatic carboxylic acids is 1. The van der Waals surface area contributed by atoms with Gasteiger partial charge in [-0.05, 0) is 51.6 Å². The van der Waals surface area contributed by atoms with Gasteiger partial charge >= 0.3 is 12.1 Å². The van der Waals surface area contributed by atoms with Gasteiger partial charge in [-0.15, -0.1) is 0 Å². The Kier molecular flexibility index (Phi) is 6.87. The summed E-state index contributed by atoms with van der Waals surface area (Å²) < 4.78 is 7.91. The lowest BCUT2D eigenvalue weighted by Gasteiger charge is -2.18. The van der Waals surface area contributed by atoms with Crippen LogP contribution in [0.3, 0.4) is 0 Å². The van der Waals surface area contributed by atoms with E-state index in [0.717, 1.165) is 56.2 Å². The van der Waals surface area contributed by atoms with E-state index in [-0.39, 0.29) is 18.9 Å². The standard InChI is InChI=1S/C37H30N2O4/c40-36(41)33(38-37(42)43-23-32-28-14-6-4-12-26(28)27-13-5-7-15-29(27)32)21-25-18-19-35-31(20-25)30-16-8-9-17-34(30)39(35)22-24-10-2-1-3-11-24/h1-20,32-33H,21-23H2,(H,38,42)(H,40,41). The predicted octanol–water partition coefficient (Wildman–Crippen LogP) is 7.38. The Labute approximate surface area is 249 Å². The van der Waals surface area contributed by atoms with Crippen LogP contribution in [0.15, 0.2) is 121 Å². The summed E-state index contributed by atoms with van der Waals surface area (Å²) in [5, 5.41) is 14.8. The number of carboxylic acid groups (broad SMARTS) is 1. The van der Waals surface area contributed by atoms with Crippen LogP contribution in [0.5, 0.6) is 0 Å². The second-order valence-corrected chi connectivity index (χ2v) is 11.0. The molecule has 0 saturated carbocycles. The van der Waals surface area contributed by atoms with Gasteiger partial charge in [-0.2, -0.15) is 0 Å². The van der Waals surface area contributed by atoms with E-state index >= 15 is 0 Å². The average Bonchev–Trinajstić information content (AvgIpc) is 3.52. The molecule has 1 amide bonds. The zero-order valence-electron chi connectivity index (χ0n) is 23.4. The Hall–Kier alpha value is -5.36. The summed E-state index contributed by atoms with van der Waals surface area (Å²) in [6.45, 7) is 0.852. The molecule has 1 aliphatic carbocycles. The van der Waals surface area contributed by atoms with E-state index in [0.29, 0.717) is 0 Å². The van der Waals surface area contributed by atoms with Crippen LogP contribution in [0, 0.1) is 0 Å². The van der Waals surface area contributed by atoms with Crippen molar-refractivity contribution < 1.29 is 19.4 Å². The van der Waals surface area contributed by atoms with Crippen molar-refractivity contribution in [1.29, 1.82) is 0 Å². The Morgan fingerprint density at radius 2 is 1.35 bits per heavy atom. The molecule has 0 saturated heterocycles. The third-order valence-electron chi connectivity index (χ3n) is 8.39. The van der Waals surface area contributed by atoms with E-state index in [1.54, 1.807) is 0 Å². The number of para-hydroxylation sites is 1. The molecule has 212 valence electrons. The van der Waals surface area contributed by atoms with Crippen LogP contribution in [-0.4, -0.2) is 34.4 Å². The normalized spacial score (nSPS) is 13.0. The third-order valence-corrected chi connectivity index (χ3v) is 8.39. The van der Waals surface area contributed by atoms with Crippen LogP contribution in [0.4, 0.5) is 4.79 Å². The van der Waals surface area contributed by atoms with Crippen LogP contribution in [0.25, 0.3) is 32.9 Å². The number of nitrogens with one attached hydrogen (secondary N) is 1. The molecular weight excluding hydrogens is 536 g/mol. The van der Waals surface area contributed by atoms with E-state index in [4.69, 9.17) is 4.74 Å². The number of aromatic nitrogens is 1. The molecule has 2 N–H and O–H groups in total. The van der Waals surface area contributed by atoms with Crippen molar-refractivity contribution in [2.75, 3.05) is 6.61 Å². The molecule has 0 aliphatic heterocycles. The van der Waals surface area contributed by atoms with Gasteiger partial charge in [0.1, 0.15) is 12.6 Å². The molecular formula is C37H30N2O4. The molecule has 0 radical (unpaired) electrons. The lowest BCUT2D eigenvalue weighted by atomic mass is 9.98. The quantitative estimate of drug-likeness (QED) is 0.202. The van der Waals surface area contributed by atoms with Gasteiger partial charge in [0, 0.05) is 40.7 Å². The minimum Gasteiger partial charge on any atom is -0.480 e. The van der Waals surface area contributed by atoms with Gasteiger partial charge in [-0.3, -0.25) is 0 Å². The summed E-state index contributed by atoms with van der Waals surface area (Å²) in [6, 6.07) is 39.7. The number of alkyl carbamates (subject to hydrolysis) is 1. The highest BCUT2D eigenvalue weighted by Crippen LogP contribution is 2.44. The second-order valence-electron chi connectivity index (χ2n) is 11.0. The van der Waals surface area contributed by atoms with Gasteiger partial charge in [-0.25, -0.2) is 9.59 Å². The molecule has 6 aromatic rings. The van der Waals surface area contributed by atoms with Crippen molar-refractivity contribution in [3.05, 3.63) is 144 Å². The summed E-state index contributed by atoms with van der Waals surface area (Å²) in [4.78, 5) is 25.1. The van der Waals surface area contributed by atoms with Gasteiger partial charge in [0.2, 0.25) is 0 Å². The molecule has 0 spiro atoms. The average molecular weight is 567 g/mol. The fraction of sp³-hybridized carbons (Fsp3) is 0.135. The first-order valence-corrected chi connectivity index (χ1v) is 14.4. The minimum atomic E-state index is -1.13. The van der Waals surface area contributed by atoms with Gasteiger partial charge in [0.05, 0.1) is 0 Å². The number of benzene rings is 5. The number of carbonyl (C=O) groups excluding carboxylic acids is 1. The minimum absolute atomic E-state index is 0.1000. The molecule has 6 heteroatoms. The second kappa shape index (κ2) is 11.1. The molecule has 1 atom stereocenters. The summed E-state index contributed by atoms with van der Waals surface area (Å²) >= 11 is 0. The van der Waals surface area contributed by atoms with Crippen molar-refractivity contribution in [2.45, 2.75) is 24.9 Å². The smallest absolute Gasteiger partial charge is 0.407 e. The first-order valence-electron chi connectivity index (χ1n) is 14.4. The zero-order chi connectivity index (χ0) is 29.3. The molecule has 5 aromatic carbocycles. The first-order chi connectivity index (χ1) is 21.1. The number of carbonyl (C=O) groups is 2.